The van der Waals surface area contributed by atoms with Crippen molar-refractivity contribution in [2.75, 3.05) is 17.7 Å². The minimum atomic E-state index is -0.731. The zero-order chi connectivity index (χ0) is 46.0. The van der Waals surface area contributed by atoms with E-state index in [9.17, 15) is 19.8 Å². The first-order chi connectivity index (χ1) is 31.7. The molecule has 5 aromatic carbocycles. The number of ketones is 2. The van der Waals surface area contributed by atoms with Crippen LogP contribution in [0.1, 0.15) is 179 Å². The van der Waals surface area contributed by atoms with Crippen molar-refractivity contribution in [2.45, 2.75) is 149 Å². The number of nitrogen functional groups attached to an aromatic ring is 1. The highest BCUT2D eigenvalue weighted by molar-refractivity contribution is 6.34. The molecule has 1 aliphatic rings. The Kier molecular flexibility index (Phi) is 18.6. The highest BCUT2D eigenvalue weighted by atomic mass is 16.5. The van der Waals surface area contributed by atoms with Crippen LogP contribution in [0.5, 0.6) is 40.2 Å². The van der Waals surface area contributed by atoms with E-state index in [0.29, 0.717) is 29.5 Å². The molecule has 1 aliphatic carbocycles. The average molecular weight is 883 g/mol. The van der Waals surface area contributed by atoms with Crippen LogP contribution in [0, 0.1) is 0 Å². The van der Waals surface area contributed by atoms with Gasteiger partial charge in [-0.05, 0) is 91.8 Å². The van der Waals surface area contributed by atoms with Crippen LogP contribution >= 0.6 is 0 Å². The molecular formula is C56H70N2O7. The van der Waals surface area contributed by atoms with Gasteiger partial charge in [0, 0.05) is 23.5 Å². The van der Waals surface area contributed by atoms with Crippen molar-refractivity contribution in [1.82, 2.24) is 0 Å². The van der Waals surface area contributed by atoms with Crippen molar-refractivity contribution >= 4 is 28.6 Å². The summed E-state index contributed by atoms with van der Waals surface area (Å²) in [5, 5.41) is 26.8. The van der Waals surface area contributed by atoms with Gasteiger partial charge in [-0.1, -0.05) is 141 Å². The van der Waals surface area contributed by atoms with Gasteiger partial charge in [-0.2, -0.15) is 0 Å². The van der Waals surface area contributed by atoms with Gasteiger partial charge >= 0.3 is 0 Å². The van der Waals surface area contributed by atoms with Crippen molar-refractivity contribution < 1.29 is 34.0 Å². The lowest BCUT2D eigenvalue weighted by atomic mass is 9.81. The standard InChI is InChI=1S/C56H70N2O7/c1-4-7-10-12-14-16-18-20-22-39-24-30-43(31-25-39)64-47-37-45(57)49-51(53(47)59)56(62)50-46(58-41-28-34-42(35-29-41)63-36-9-6-3)38-48(54(60)52(50)55(49)61)65-44-32-26-40(27-33-44)23-21-19-17-15-13-11-8-5-2/h24-35,37-38,58-60H,4-23,36,57H2,1-3H3. The molecule has 0 heterocycles. The zero-order valence-electron chi connectivity index (χ0n) is 38.9. The summed E-state index contributed by atoms with van der Waals surface area (Å²) in [7, 11) is 0. The number of aryl methyl sites for hydroxylation is 2. The molecule has 0 radical (unpaired) electrons. The number of anilines is 3. The van der Waals surface area contributed by atoms with Crippen LogP contribution in [0.4, 0.5) is 17.1 Å². The molecule has 5 N–H and O–H groups in total. The number of carbonyl (C=O) groups excluding carboxylic acids is 2. The van der Waals surface area contributed by atoms with Crippen LogP contribution < -0.4 is 25.3 Å². The van der Waals surface area contributed by atoms with Crippen molar-refractivity contribution in [1.29, 1.82) is 0 Å². The molecule has 0 atom stereocenters. The first-order valence-corrected chi connectivity index (χ1v) is 24.4. The Morgan fingerprint density at radius 1 is 0.477 bits per heavy atom. The second-order valence-electron chi connectivity index (χ2n) is 17.5. The lowest BCUT2D eigenvalue weighted by Crippen LogP contribution is -2.24. The van der Waals surface area contributed by atoms with Crippen molar-refractivity contribution in [3.63, 3.8) is 0 Å². The molecule has 0 unspecified atom stereocenters. The molecule has 0 saturated carbocycles. The maximum absolute atomic E-state index is 14.7. The lowest BCUT2D eigenvalue weighted by Gasteiger charge is -2.25. The minimum absolute atomic E-state index is 0.0280. The maximum atomic E-state index is 14.7. The third-order valence-electron chi connectivity index (χ3n) is 12.3. The molecule has 346 valence electrons. The zero-order valence-corrected chi connectivity index (χ0v) is 38.9. The summed E-state index contributed by atoms with van der Waals surface area (Å²) in [5.41, 5.74) is 8.68. The number of fused-ring (bicyclic) bond motifs is 2. The third kappa shape index (κ3) is 13.3. The molecule has 0 fully saturated rings. The van der Waals surface area contributed by atoms with Crippen LogP contribution in [-0.2, 0) is 12.8 Å². The van der Waals surface area contributed by atoms with Crippen LogP contribution in [0.25, 0.3) is 0 Å². The Bertz CT molecular complexity index is 2300. The summed E-state index contributed by atoms with van der Waals surface area (Å²) in [6.45, 7) is 7.17. The van der Waals surface area contributed by atoms with Gasteiger partial charge in [0.2, 0.25) is 11.6 Å². The highest BCUT2D eigenvalue weighted by Gasteiger charge is 2.40. The van der Waals surface area contributed by atoms with Gasteiger partial charge in [-0.25, -0.2) is 0 Å². The molecule has 0 saturated heterocycles. The molecule has 0 spiro atoms. The summed E-state index contributed by atoms with van der Waals surface area (Å²) in [6, 6.07) is 25.4. The summed E-state index contributed by atoms with van der Waals surface area (Å²) >= 11 is 0. The monoisotopic (exact) mass is 883 g/mol. The second-order valence-corrected chi connectivity index (χ2v) is 17.5. The number of unbranched alkanes of at least 4 members (excludes halogenated alkanes) is 15. The normalized spacial score (nSPS) is 11.9. The fourth-order valence-electron chi connectivity index (χ4n) is 8.50. The topological polar surface area (TPSA) is 140 Å². The van der Waals surface area contributed by atoms with E-state index in [1.807, 2.05) is 60.7 Å². The number of hydrogen-bond donors (Lipinski definition) is 4. The first-order valence-electron chi connectivity index (χ1n) is 24.4. The van der Waals surface area contributed by atoms with Gasteiger partial charge in [-0.15, -0.1) is 0 Å². The van der Waals surface area contributed by atoms with E-state index in [1.54, 1.807) is 12.1 Å². The minimum Gasteiger partial charge on any atom is -0.504 e. The number of hydrogen-bond acceptors (Lipinski definition) is 9. The van der Waals surface area contributed by atoms with E-state index in [0.717, 1.165) is 38.5 Å². The average Bonchev–Trinajstić information content (AvgIpc) is 3.31. The Balaban J connectivity index is 1.22. The van der Waals surface area contributed by atoms with E-state index in [1.165, 1.54) is 113 Å². The Morgan fingerprint density at radius 3 is 1.38 bits per heavy atom. The van der Waals surface area contributed by atoms with Crippen molar-refractivity contribution in [2.24, 2.45) is 0 Å². The van der Waals surface area contributed by atoms with E-state index >= 15 is 0 Å². The molecule has 9 heteroatoms. The summed E-state index contributed by atoms with van der Waals surface area (Å²) < 4.78 is 18.2. The smallest absolute Gasteiger partial charge is 0.200 e. The van der Waals surface area contributed by atoms with E-state index in [2.05, 4.69) is 26.1 Å². The van der Waals surface area contributed by atoms with E-state index < -0.39 is 23.1 Å². The van der Waals surface area contributed by atoms with Crippen LogP contribution in [0.3, 0.4) is 0 Å². The number of aromatic hydroxyl groups is 2. The van der Waals surface area contributed by atoms with Gasteiger partial charge in [0.25, 0.3) is 0 Å². The Morgan fingerprint density at radius 2 is 0.892 bits per heavy atom. The fraction of sp³-hybridized carbons (Fsp3) is 0.429. The fourth-order valence-corrected chi connectivity index (χ4v) is 8.50. The molecular weight excluding hydrogens is 813 g/mol. The Hall–Kier alpha value is -5.96. The number of rotatable bonds is 28. The lowest BCUT2D eigenvalue weighted by molar-refractivity contribution is 0.0974. The van der Waals surface area contributed by atoms with Gasteiger partial charge in [-0.3, -0.25) is 9.59 Å². The molecule has 0 aliphatic heterocycles. The van der Waals surface area contributed by atoms with Gasteiger partial charge in [0.1, 0.15) is 17.2 Å². The molecule has 6 rings (SSSR count). The largest absolute Gasteiger partial charge is 0.504 e. The second kappa shape index (κ2) is 24.9. The molecule has 65 heavy (non-hydrogen) atoms. The number of phenols is 2. The predicted octanol–water partition coefficient (Wildman–Crippen LogP) is 15.3. The quantitative estimate of drug-likeness (QED) is 0.0215. The van der Waals surface area contributed by atoms with Gasteiger partial charge in [0.15, 0.2) is 23.0 Å². The number of ether oxygens (including phenoxy) is 3. The highest BCUT2D eigenvalue weighted by Crippen LogP contribution is 2.50. The summed E-state index contributed by atoms with van der Waals surface area (Å²) in [4.78, 5) is 29.2. The van der Waals surface area contributed by atoms with Crippen molar-refractivity contribution in [3.8, 4) is 40.2 Å². The van der Waals surface area contributed by atoms with Crippen molar-refractivity contribution in [3.05, 3.63) is 118 Å². The van der Waals surface area contributed by atoms with Crippen LogP contribution in [-0.4, -0.2) is 28.4 Å². The SMILES string of the molecule is CCCCCCCCCCc1ccc(Oc2cc(N)c3c(c2O)C(=O)c2c(Nc4ccc(OCCCC)cc4)cc(Oc4ccc(CCCCCCCCCC)cc4)c(O)c2C3=O)cc1. The number of nitrogens with two attached hydrogens (primary N) is 1. The number of phenolic OH excluding ortho intramolecular Hbond substituents is 2. The van der Waals surface area contributed by atoms with E-state index in [4.69, 9.17) is 19.9 Å². The Labute approximate surface area is 386 Å². The van der Waals surface area contributed by atoms with E-state index in [-0.39, 0.29) is 45.1 Å². The molecule has 0 amide bonds. The molecule has 5 aromatic rings. The van der Waals surface area contributed by atoms with Gasteiger partial charge in [0.05, 0.1) is 34.5 Å². The number of nitrogens with one attached hydrogen (secondary N) is 1. The first kappa shape index (κ1) is 48.5. The van der Waals surface area contributed by atoms with Crippen LogP contribution in [0.15, 0.2) is 84.9 Å². The van der Waals surface area contributed by atoms with Crippen LogP contribution in [0.2, 0.25) is 0 Å². The summed E-state index contributed by atoms with van der Waals surface area (Å²) in [5.74, 6) is -0.975. The summed E-state index contributed by atoms with van der Waals surface area (Å²) in [6.07, 6.45) is 23.9. The predicted molar refractivity (Wildman–Crippen MR) is 263 cm³/mol. The van der Waals surface area contributed by atoms with Gasteiger partial charge < -0.3 is 35.5 Å². The number of benzene rings is 5. The molecule has 0 bridgehead atoms. The maximum Gasteiger partial charge on any atom is 0.200 e. The molecule has 0 aromatic heterocycles. The molecule has 9 nitrogen and oxygen atoms in total. The third-order valence-corrected chi connectivity index (χ3v) is 12.3. The number of carbonyl (C=O) groups is 2.